The third kappa shape index (κ3) is 1.35. The first-order chi connectivity index (χ1) is 7.75. The first kappa shape index (κ1) is 9.57. The number of pyridine rings is 1. The molecule has 1 aliphatic heterocycles. The lowest BCUT2D eigenvalue weighted by molar-refractivity contribution is 0.217. The minimum absolute atomic E-state index is 0.0540. The third-order valence-electron chi connectivity index (χ3n) is 2.84. The van der Waals surface area contributed by atoms with Crippen LogP contribution in [0.3, 0.4) is 0 Å². The van der Waals surface area contributed by atoms with Crippen LogP contribution in [0.5, 0.6) is 0 Å². The van der Waals surface area contributed by atoms with E-state index in [4.69, 9.17) is 4.42 Å². The Morgan fingerprint density at radius 3 is 2.75 bits per heavy atom. The molecule has 0 spiro atoms. The molecule has 1 aliphatic rings. The zero-order valence-electron chi connectivity index (χ0n) is 8.44. The lowest BCUT2D eigenvalue weighted by Gasteiger charge is -2.16. The summed E-state index contributed by atoms with van der Waals surface area (Å²) in [6, 6.07) is 3.49. The van der Waals surface area contributed by atoms with Gasteiger partial charge in [-0.3, -0.25) is 0 Å². The van der Waals surface area contributed by atoms with Crippen LogP contribution in [-0.2, 0) is 0 Å². The van der Waals surface area contributed by atoms with Gasteiger partial charge in [0, 0.05) is 6.20 Å². The van der Waals surface area contributed by atoms with Gasteiger partial charge in [0.1, 0.15) is 11.4 Å². The number of anilines is 1. The molecule has 0 unspecified atom stereocenters. The molecule has 1 saturated heterocycles. The maximum absolute atomic E-state index is 13.1. The standard InChI is InChI=1S/C11H10F2N2O/c12-8-5-15(6-9(8)13)11-7-2-4-16-10(7)1-3-14-11/h1-4,8-9H,5-6H2/t8-,9+. The van der Waals surface area contributed by atoms with Crippen LogP contribution in [0, 0.1) is 0 Å². The lowest BCUT2D eigenvalue weighted by atomic mass is 10.3. The van der Waals surface area contributed by atoms with Gasteiger partial charge < -0.3 is 9.32 Å². The number of halogens is 2. The zero-order valence-corrected chi connectivity index (χ0v) is 8.44. The number of alkyl halides is 2. The van der Waals surface area contributed by atoms with Gasteiger partial charge in [-0.05, 0) is 12.1 Å². The number of nitrogens with zero attached hydrogens (tertiary/aromatic N) is 2. The first-order valence-corrected chi connectivity index (χ1v) is 5.11. The molecule has 3 nitrogen and oxygen atoms in total. The topological polar surface area (TPSA) is 29.3 Å². The van der Waals surface area contributed by atoms with Gasteiger partial charge in [-0.1, -0.05) is 0 Å². The fraction of sp³-hybridized carbons (Fsp3) is 0.364. The average Bonchev–Trinajstić information content (AvgIpc) is 2.85. The minimum atomic E-state index is -1.43. The van der Waals surface area contributed by atoms with E-state index in [-0.39, 0.29) is 13.1 Å². The molecule has 0 saturated carbocycles. The molecule has 5 heteroatoms. The molecule has 3 heterocycles. The first-order valence-electron chi connectivity index (χ1n) is 5.11. The maximum atomic E-state index is 13.1. The molecule has 0 radical (unpaired) electrons. The second-order valence-electron chi connectivity index (χ2n) is 3.90. The molecule has 84 valence electrons. The summed E-state index contributed by atoms with van der Waals surface area (Å²) in [5, 5.41) is 0.795. The van der Waals surface area contributed by atoms with Gasteiger partial charge in [-0.15, -0.1) is 0 Å². The van der Waals surface area contributed by atoms with Gasteiger partial charge in [0.15, 0.2) is 12.3 Å². The Balaban J connectivity index is 2.03. The maximum Gasteiger partial charge on any atom is 0.150 e. The second kappa shape index (κ2) is 3.43. The Bertz CT molecular complexity index is 503. The molecule has 0 N–H and O–H groups in total. The van der Waals surface area contributed by atoms with E-state index >= 15 is 0 Å². The predicted molar refractivity (Wildman–Crippen MR) is 56.0 cm³/mol. The number of rotatable bonds is 1. The van der Waals surface area contributed by atoms with Gasteiger partial charge in [0.05, 0.1) is 24.7 Å². The fourth-order valence-electron chi connectivity index (χ4n) is 2.03. The van der Waals surface area contributed by atoms with Crippen LogP contribution < -0.4 is 4.90 Å². The van der Waals surface area contributed by atoms with E-state index in [1.807, 2.05) is 0 Å². The van der Waals surface area contributed by atoms with Gasteiger partial charge in [-0.25, -0.2) is 13.8 Å². The zero-order chi connectivity index (χ0) is 11.1. The number of hydrogen-bond donors (Lipinski definition) is 0. The molecule has 2 aromatic heterocycles. The van der Waals surface area contributed by atoms with E-state index in [0.717, 1.165) is 5.39 Å². The number of furan rings is 1. The number of fused-ring (bicyclic) bond motifs is 1. The highest BCUT2D eigenvalue weighted by Crippen LogP contribution is 2.29. The summed E-state index contributed by atoms with van der Waals surface area (Å²) in [6.07, 6.45) is 0.277. The highest BCUT2D eigenvalue weighted by atomic mass is 19.2. The van der Waals surface area contributed by atoms with Crippen molar-refractivity contribution in [2.24, 2.45) is 0 Å². The number of hydrogen-bond acceptors (Lipinski definition) is 3. The van der Waals surface area contributed by atoms with E-state index < -0.39 is 12.3 Å². The highest BCUT2D eigenvalue weighted by molar-refractivity contribution is 5.88. The van der Waals surface area contributed by atoms with E-state index in [1.165, 1.54) is 0 Å². The van der Waals surface area contributed by atoms with E-state index in [1.54, 1.807) is 29.5 Å². The summed E-state index contributed by atoms with van der Waals surface area (Å²) in [7, 11) is 0. The van der Waals surface area contributed by atoms with E-state index in [9.17, 15) is 8.78 Å². The van der Waals surface area contributed by atoms with Crippen LogP contribution in [0.25, 0.3) is 11.0 Å². The van der Waals surface area contributed by atoms with E-state index in [2.05, 4.69) is 4.98 Å². The van der Waals surface area contributed by atoms with Crippen molar-refractivity contribution < 1.29 is 13.2 Å². The fourth-order valence-corrected chi connectivity index (χ4v) is 2.03. The summed E-state index contributed by atoms with van der Waals surface area (Å²) < 4.78 is 31.4. The van der Waals surface area contributed by atoms with Crippen molar-refractivity contribution in [3.8, 4) is 0 Å². The van der Waals surface area contributed by atoms with Crippen molar-refractivity contribution in [2.75, 3.05) is 18.0 Å². The van der Waals surface area contributed by atoms with Crippen LogP contribution in [0.1, 0.15) is 0 Å². The monoisotopic (exact) mass is 224 g/mol. The van der Waals surface area contributed by atoms with Crippen molar-refractivity contribution in [2.45, 2.75) is 12.3 Å². The van der Waals surface area contributed by atoms with Gasteiger partial charge in [-0.2, -0.15) is 0 Å². The largest absolute Gasteiger partial charge is 0.464 e. The number of aromatic nitrogens is 1. The van der Waals surface area contributed by atoms with Crippen molar-refractivity contribution in [3.05, 3.63) is 24.6 Å². The predicted octanol–water partition coefficient (Wildman–Crippen LogP) is 2.32. The van der Waals surface area contributed by atoms with Gasteiger partial charge in [0.25, 0.3) is 0 Å². The van der Waals surface area contributed by atoms with Crippen molar-refractivity contribution in [1.82, 2.24) is 4.98 Å². The Morgan fingerprint density at radius 2 is 2.00 bits per heavy atom. The normalized spacial score (nSPS) is 25.5. The Morgan fingerprint density at radius 1 is 1.25 bits per heavy atom. The molecule has 0 bridgehead atoms. The molecule has 1 fully saturated rings. The molecule has 0 amide bonds. The summed E-state index contributed by atoms with van der Waals surface area (Å²) in [5.74, 6) is 0.592. The van der Waals surface area contributed by atoms with Crippen molar-refractivity contribution >= 4 is 16.8 Å². The minimum Gasteiger partial charge on any atom is -0.464 e. The summed E-state index contributed by atoms with van der Waals surface area (Å²) in [6.45, 7) is 0.108. The second-order valence-corrected chi connectivity index (χ2v) is 3.90. The SMILES string of the molecule is F[C@@H]1CN(c2nccc3occc23)C[C@@H]1F. The molecular weight excluding hydrogens is 214 g/mol. The molecule has 0 aliphatic carbocycles. The molecule has 16 heavy (non-hydrogen) atoms. The summed E-state index contributed by atoms with van der Waals surface area (Å²) in [5.41, 5.74) is 0.683. The molecular formula is C11H10F2N2O. The van der Waals surface area contributed by atoms with Crippen molar-refractivity contribution in [1.29, 1.82) is 0 Å². The lowest BCUT2D eigenvalue weighted by Crippen LogP contribution is -2.21. The average molecular weight is 224 g/mol. The van der Waals surface area contributed by atoms with E-state index in [0.29, 0.717) is 11.4 Å². The molecule has 3 rings (SSSR count). The Labute approximate surface area is 90.7 Å². The van der Waals surface area contributed by atoms with Crippen LogP contribution in [0.15, 0.2) is 29.0 Å². The van der Waals surface area contributed by atoms with Crippen molar-refractivity contribution in [3.63, 3.8) is 0 Å². The van der Waals surface area contributed by atoms with Gasteiger partial charge >= 0.3 is 0 Å². The summed E-state index contributed by atoms with van der Waals surface area (Å²) >= 11 is 0. The molecule has 2 atom stereocenters. The quantitative estimate of drug-likeness (QED) is 0.744. The summed E-state index contributed by atoms with van der Waals surface area (Å²) in [4.78, 5) is 5.78. The highest BCUT2D eigenvalue weighted by Gasteiger charge is 2.34. The Kier molecular flexibility index (Phi) is 2.05. The van der Waals surface area contributed by atoms with Crippen LogP contribution in [0.4, 0.5) is 14.6 Å². The smallest absolute Gasteiger partial charge is 0.150 e. The van der Waals surface area contributed by atoms with Crippen LogP contribution in [0.2, 0.25) is 0 Å². The molecule has 2 aromatic rings. The third-order valence-corrected chi connectivity index (χ3v) is 2.84. The van der Waals surface area contributed by atoms with Gasteiger partial charge in [0.2, 0.25) is 0 Å². The van der Waals surface area contributed by atoms with Crippen LogP contribution >= 0.6 is 0 Å². The molecule has 0 aromatic carbocycles. The van der Waals surface area contributed by atoms with Crippen LogP contribution in [-0.4, -0.2) is 30.4 Å². The Hall–Kier alpha value is -1.65.